The molecule has 0 aromatic carbocycles. The van der Waals surface area contributed by atoms with Crippen LogP contribution in [-0.4, -0.2) is 0 Å². The van der Waals surface area contributed by atoms with Crippen molar-refractivity contribution in [3.05, 3.63) is 52.4 Å². The minimum absolute atomic E-state index is 0.244. The van der Waals surface area contributed by atoms with E-state index in [1.165, 1.54) is 50.5 Å². The molecule has 26 heavy (non-hydrogen) atoms. The molecule has 2 radical (unpaired) electrons. The smallest absolute Gasteiger partial charge is 0.335 e. The van der Waals surface area contributed by atoms with Crippen molar-refractivity contribution in [1.29, 1.82) is 0 Å². The molecule has 0 spiro atoms. The van der Waals surface area contributed by atoms with Gasteiger partial charge in [-0.05, 0) is 104 Å². The van der Waals surface area contributed by atoms with Crippen molar-refractivity contribution in [2.45, 2.75) is 71.1 Å². The molecule has 0 N–H and O–H groups in total. The summed E-state index contributed by atoms with van der Waals surface area (Å²) >= 11 is 0. The molecule has 0 amide bonds. The first-order valence-corrected chi connectivity index (χ1v) is 10.5. The standard InChI is InChI=1S/C24H30O2/c1-23-13-4-3-5-17(23)7-8-18-20-10-9-19(16-6-11-22(25)26-15-16)24(20,2)14-12-21(18)23/h6,10-11,15,17-19,21H,4-5,7-9,12-14H2,1-2H3/t17-,18+,19-,21+,23+,24-/m1/s1. The van der Waals surface area contributed by atoms with E-state index in [2.05, 4.69) is 26.3 Å². The van der Waals surface area contributed by atoms with Gasteiger partial charge in [0.05, 0.1) is 6.26 Å². The van der Waals surface area contributed by atoms with E-state index >= 15 is 0 Å². The average Bonchev–Trinajstić information content (AvgIpc) is 2.99. The van der Waals surface area contributed by atoms with E-state index in [0.29, 0.717) is 11.3 Å². The lowest BCUT2D eigenvalue weighted by atomic mass is 9.46. The van der Waals surface area contributed by atoms with Gasteiger partial charge >= 0.3 is 5.63 Å². The Kier molecular flexibility index (Phi) is 3.78. The molecule has 0 unspecified atom stereocenters. The fourth-order valence-corrected chi connectivity index (χ4v) is 7.30. The maximum Gasteiger partial charge on any atom is 0.335 e. The Balaban J connectivity index is 1.46. The molecule has 1 aromatic heterocycles. The summed E-state index contributed by atoms with van der Waals surface area (Å²) in [5.74, 6) is 2.97. The number of hydrogen-bond acceptors (Lipinski definition) is 2. The zero-order valence-electron chi connectivity index (χ0n) is 16.1. The maximum absolute atomic E-state index is 11.4. The van der Waals surface area contributed by atoms with Gasteiger partial charge in [-0.2, -0.15) is 0 Å². The van der Waals surface area contributed by atoms with Gasteiger partial charge in [0, 0.05) is 6.07 Å². The topological polar surface area (TPSA) is 30.2 Å². The minimum atomic E-state index is -0.244. The molecule has 1 aromatic rings. The third-order valence-corrected chi connectivity index (χ3v) is 8.82. The predicted octanol–water partition coefficient (Wildman–Crippen LogP) is 5.77. The lowest BCUT2D eigenvalue weighted by Crippen LogP contribution is -2.50. The van der Waals surface area contributed by atoms with Crippen LogP contribution in [0, 0.1) is 35.0 Å². The van der Waals surface area contributed by atoms with Crippen LogP contribution < -0.4 is 5.63 Å². The highest BCUT2D eigenvalue weighted by atomic mass is 16.4. The zero-order valence-corrected chi connectivity index (χ0v) is 16.1. The van der Waals surface area contributed by atoms with E-state index in [-0.39, 0.29) is 11.0 Å². The quantitative estimate of drug-likeness (QED) is 0.602. The summed E-state index contributed by atoms with van der Waals surface area (Å²) in [4.78, 5) is 11.4. The van der Waals surface area contributed by atoms with Gasteiger partial charge in [-0.15, -0.1) is 0 Å². The number of rotatable bonds is 1. The van der Waals surface area contributed by atoms with Crippen molar-refractivity contribution in [3.63, 3.8) is 0 Å². The van der Waals surface area contributed by atoms with Gasteiger partial charge in [0.1, 0.15) is 0 Å². The summed E-state index contributed by atoms with van der Waals surface area (Å²) in [5, 5.41) is 0. The Labute approximate surface area is 157 Å². The first kappa shape index (κ1) is 16.8. The molecule has 4 aliphatic rings. The number of fused-ring (bicyclic) bond motifs is 5. The minimum Gasteiger partial charge on any atom is -0.431 e. The second-order valence-electron chi connectivity index (χ2n) is 9.74. The molecule has 3 fully saturated rings. The van der Waals surface area contributed by atoms with Gasteiger partial charge in [0.25, 0.3) is 0 Å². The molecule has 0 aliphatic heterocycles. The maximum atomic E-state index is 11.4. The highest BCUT2D eigenvalue weighted by molar-refractivity contribution is 5.36. The van der Waals surface area contributed by atoms with Crippen molar-refractivity contribution in [2.24, 2.45) is 28.6 Å². The van der Waals surface area contributed by atoms with E-state index in [1.54, 1.807) is 17.9 Å². The third-order valence-electron chi connectivity index (χ3n) is 8.82. The molecule has 0 saturated heterocycles. The van der Waals surface area contributed by atoms with Crippen LogP contribution in [0.4, 0.5) is 0 Å². The van der Waals surface area contributed by atoms with Gasteiger partial charge in [0.2, 0.25) is 0 Å². The predicted molar refractivity (Wildman–Crippen MR) is 103 cm³/mol. The van der Waals surface area contributed by atoms with Crippen molar-refractivity contribution in [1.82, 2.24) is 0 Å². The highest BCUT2D eigenvalue weighted by Gasteiger charge is 2.57. The Morgan fingerprint density at radius 2 is 2.04 bits per heavy atom. The summed E-state index contributed by atoms with van der Waals surface area (Å²) in [6.07, 6.45) is 18.2. The second-order valence-corrected chi connectivity index (χ2v) is 9.74. The van der Waals surface area contributed by atoms with Crippen LogP contribution >= 0.6 is 0 Å². The Hall–Kier alpha value is -1.31. The summed E-state index contributed by atoms with van der Waals surface area (Å²) in [6, 6.07) is 3.58. The molecule has 138 valence electrons. The van der Waals surface area contributed by atoms with Gasteiger partial charge in [0.15, 0.2) is 0 Å². The van der Waals surface area contributed by atoms with Crippen molar-refractivity contribution in [2.75, 3.05) is 0 Å². The van der Waals surface area contributed by atoms with Gasteiger partial charge in [-0.25, -0.2) is 4.79 Å². The van der Waals surface area contributed by atoms with E-state index in [0.717, 1.165) is 24.2 Å². The molecular formula is C24H30O2. The largest absolute Gasteiger partial charge is 0.431 e. The molecule has 6 atom stereocenters. The fraction of sp³-hybridized carbons (Fsp3) is 0.667. The van der Waals surface area contributed by atoms with Crippen LogP contribution in [0.5, 0.6) is 0 Å². The van der Waals surface area contributed by atoms with Crippen LogP contribution in [0.15, 0.2) is 39.3 Å². The number of allylic oxidation sites excluding steroid dienone is 2. The van der Waals surface area contributed by atoms with E-state index < -0.39 is 0 Å². The zero-order chi connectivity index (χ0) is 17.9. The first-order valence-electron chi connectivity index (χ1n) is 10.5. The summed E-state index contributed by atoms with van der Waals surface area (Å²) in [6.45, 7) is 5.07. The Morgan fingerprint density at radius 1 is 1.15 bits per heavy atom. The monoisotopic (exact) mass is 350 g/mol. The normalized spacial score (nSPS) is 44.6. The molecule has 0 bridgehead atoms. The van der Waals surface area contributed by atoms with E-state index in [9.17, 15) is 4.79 Å². The van der Waals surface area contributed by atoms with Crippen LogP contribution in [0.1, 0.15) is 76.7 Å². The van der Waals surface area contributed by atoms with Gasteiger partial charge < -0.3 is 4.42 Å². The first-order chi connectivity index (χ1) is 12.5. The molecule has 2 nitrogen and oxygen atoms in total. The van der Waals surface area contributed by atoms with Gasteiger partial charge in [-0.3, -0.25) is 0 Å². The molecule has 4 aliphatic carbocycles. The van der Waals surface area contributed by atoms with Crippen LogP contribution in [0.3, 0.4) is 0 Å². The summed E-state index contributed by atoms with van der Waals surface area (Å²) in [5.41, 5.74) is 3.47. The molecule has 3 saturated carbocycles. The van der Waals surface area contributed by atoms with Crippen LogP contribution in [-0.2, 0) is 0 Å². The molecule has 1 heterocycles. The van der Waals surface area contributed by atoms with Crippen molar-refractivity contribution < 1.29 is 4.42 Å². The summed E-state index contributed by atoms with van der Waals surface area (Å²) < 4.78 is 5.20. The van der Waals surface area contributed by atoms with E-state index in [1.807, 2.05) is 6.07 Å². The van der Waals surface area contributed by atoms with Gasteiger partial charge in [-0.1, -0.05) is 25.5 Å². The number of hydrogen-bond donors (Lipinski definition) is 0. The Morgan fingerprint density at radius 3 is 2.85 bits per heavy atom. The lowest BCUT2D eigenvalue weighted by Gasteiger charge is -2.59. The third kappa shape index (κ3) is 2.26. The second kappa shape index (κ2) is 5.84. The molecular weight excluding hydrogens is 320 g/mol. The Bertz CT molecular complexity index is 769. The van der Waals surface area contributed by atoms with Crippen molar-refractivity contribution in [3.8, 4) is 0 Å². The van der Waals surface area contributed by atoms with Crippen LogP contribution in [0.2, 0.25) is 0 Å². The molecule has 5 rings (SSSR count). The van der Waals surface area contributed by atoms with Crippen LogP contribution in [0.25, 0.3) is 0 Å². The lowest BCUT2D eigenvalue weighted by molar-refractivity contribution is -0.0434. The fourth-order valence-electron chi connectivity index (χ4n) is 7.30. The molecule has 2 heteroatoms. The van der Waals surface area contributed by atoms with Crippen molar-refractivity contribution >= 4 is 0 Å². The SMILES string of the molecule is C[C@]12CC[C]C[C@@H]1CC[C@H]1C3=CC[C@H](c4ccc(=O)oc4)[C@@]3(C)CC[C@@H]12. The average molecular weight is 351 g/mol. The highest BCUT2D eigenvalue weighted by Crippen LogP contribution is 2.67. The van der Waals surface area contributed by atoms with E-state index in [4.69, 9.17) is 4.42 Å². The summed E-state index contributed by atoms with van der Waals surface area (Å²) in [7, 11) is 0.